The number of carbonyl (C=O) groups is 1. The van der Waals surface area contributed by atoms with Crippen molar-refractivity contribution in [1.29, 1.82) is 0 Å². The highest BCUT2D eigenvalue weighted by Gasteiger charge is 2.49. The van der Waals surface area contributed by atoms with Crippen LogP contribution in [0.3, 0.4) is 0 Å². The lowest BCUT2D eigenvalue weighted by Gasteiger charge is -2.23. The molecule has 3 N–H and O–H groups in total. The second-order valence-electron chi connectivity index (χ2n) is 7.16. The van der Waals surface area contributed by atoms with E-state index in [9.17, 15) is 24.1 Å². The fraction of sp³-hybridized carbons (Fsp3) is 0.688. The average Bonchev–Trinajstić information content (AvgIpc) is 2.83. The number of aliphatic hydroxyl groups excluding tert-OH is 1. The van der Waals surface area contributed by atoms with Gasteiger partial charge in [-0.3, -0.25) is 28.2 Å². The van der Waals surface area contributed by atoms with Gasteiger partial charge in [-0.25, -0.2) is 14.4 Å². The van der Waals surface area contributed by atoms with Crippen molar-refractivity contribution in [3.05, 3.63) is 33.1 Å². The lowest BCUT2D eigenvalue weighted by Crippen LogP contribution is -2.37. The molecule has 2 saturated heterocycles. The first kappa shape index (κ1) is 21.9. The zero-order chi connectivity index (χ0) is 21.3. The van der Waals surface area contributed by atoms with Crippen molar-refractivity contribution in [1.82, 2.24) is 14.6 Å². The molecular weight excluding hydrogens is 409 g/mol. The van der Waals surface area contributed by atoms with Crippen LogP contribution in [0.5, 0.6) is 0 Å². The lowest BCUT2D eigenvalue weighted by molar-refractivity contribution is -0.149. The minimum Gasteiger partial charge on any atom is -0.462 e. The molecule has 162 valence electrons. The van der Waals surface area contributed by atoms with Crippen molar-refractivity contribution in [3.63, 3.8) is 0 Å². The Balaban J connectivity index is 1.68. The van der Waals surface area contributed by atoms with Crippen LogP contribution in [0.1, 0.15) is 27.0 Å². The van der Waals surface area contributed by atoms with Crippen molar-refractivity contribution in [2.24, 2.45) is 5.92 Å². The van der Waals surface area contributed by atoms with Crippen LogP contribution in [-0.2, 0) is 27.9 Å². The average molecular weight is 433 g/mol. The van der Waals surface area contributed by atoms with Gasteiger partial charge in [0.15, 0.2) is 6.23 Å². The fourth-order valence-corrected chi connectivity index (χ4v) is 4.63. The summed E-state index contributed by atoms with van der Waals surface area (Å²) in [5, 5.41) is 13.1. The zero-order valence-corrected chi connectivity index (χ0v) is 17.0. The van der Waals surface area contributed by atoms with Gasteiger partial charge in [0.1, 0.15) is 12.1 Å². The fourth-order valence-electron chi connectivity index (χ4n) is 3.11. The SMILES string of the molecule is CC(C)OC(=O)C(C)NP1(=O)OC[C@H]2[C@@H](O)[C@H](n3ccc(=O)[nH]c3=O)O[C@@H]2CO1. The first-order valence-electron chi connectivity index (χ1n) is 9.12. The van der Waals surface area contributed by atoms with Gasteiger partial charge in [0.05, 0.1) is 25.4 Å². The van der Waals surface area contributed by atoms with E-state index in [1.165, 1.54) is 13.1 Å². The number of rotatable bonds is 5. The van der Waals surface area contributed by atoms with Crippen LogP contribution in [0.15, 0.2) is 21.9 Å². The first-order chi connectivity index (χ1) is 13.6. The summed E-state index contributed by atoms with van der Waals surface area (Å²) in [5.74, 6) is -1.25. The molecule has 0 aromatic carbocycles. The molecule has 6 atom stereocenters. The van der Waals surface area contributed by atoms with Crippen LogP contribution in [0.2, 0.25) is 0 Å². The van der Waals surface area contributed by atoms with E-state index in [4.69, 9.17) is 18.5 Å². The molecule has 2 aliphatic heterocycles. The molecule has 29 heavy (non-hydrogen) atoms. The Morgan fingerprint density at radius 3 is 2.69 bits per heavy atom. The van der Waals surface area contributed by atoms with Crippen molar-refractivity contribution < 1.29 is 33.0 Å². The quantitative estimate of drug-likeness (QED) is 0.408. The van der Waals surface area contributed by atoms with Gasteiger partial charge in [-0.1, -0.05) is 0 Å². The van der Waals surface area contributed by atoms with Crippen LogP contribution >= 0.6 is 7.75 Å². The Morgan fingerprint density at radius 1 is 1.34 bits per heavy atom. The molecule has 2 fully saturated rings. The van der Waals surface area contributed by atoms with E-state index in [1.807, 2.05) is 0 Å². The van der Waals surface area contributed by atoms with Gasteiger partial charge >= 0.3 is 19.4 Å². The van der Waals surface area contributed by atoms with E-state index in [0.29, 0.717) is 0 Å². The molecule has 3 rings (SSSR count). The molecule has 1 aromatic heterocycles. The highest BCUT2D eigenvalue weighted by molar-refractivity contribution is 7.51. The van der Waals surface area contributed by atoms with E-state index in [-0.39, 0.29) is 19.3 Å². The summed E-state index contributed by atoms with van der Waals surface area (Å²) in [4.78, 5) is 37.2. The van der Waals surface area contributed by atoms with E-state index in [1.54, 1.807) is 13.8 Å². The Hall–Kier alpha value is -1.82. The smallest absolute Gasteiger partial charge is 0.406 e. The molecular formula is C16H24N3O9P. The largest absolute Gasteiger partial charge is 0.462 e. The van der Waals surface area contributed by atoms with Crippen LogP contribution in [0.25, 0.3) is 0 Å². The number of aromatic nitrogens is 2. The number of H-pyrrole nitrogens is 1. The molecule has 13 heteroatoms. The number of aliphatic hydroxyl groups is 1. The molecule has 0 amide bonds. The third kappa shape index (κ3) is 4.85. The van der Waals surface area contributed by atoms with Gasteiger partial charge in [-0.15, -0.1) is 0 Å². The Kier molecular flexibility index (Phi) is 6.42. The summed E-state index contributed by atoms with van der Waals surface area (Å²) in [7, 11) is -3.86. The zero-order valence-electron chi connectivity index (χ0n) is 16.1. The standard InChI is InChI=1S/C16H24N3O9P/c1-8(2)27-15(22)9(3)18-29(24)25-6-10-11(7-26-29)28-14(13(10)21)19-5-4-12(20)17-16(19)23/h4-5,8-11,13-14,21H,6-7H2,1-3H3,(H,18,24)(H,17,20,23)/t9?,10-,11-,13-,14-,29?/m1/s1. The molecule has 2 aliphatic rings. The number of aromatic amines is 1. The Bertz CT molecular complexity index is 913. The summed E-state index contributed by atoms with van der Waals surface area (Å²) in [6, 6.07) is 0.188. The van der Waals surface area contributed by atoms with Crippen molar-refractivity contribution in [2.45, 2.75) is 51.4 Å². The summed E-state index contributed by atoms with van der Waals surface area (Å²) >= 11 is 0. The number of nitrogens with one attached hydrogen (secondary N) is 2. The van der Waals surface area contributed by atoms with Gasteiger partial charge in [-0.05, 0) is 20.8 Å². The molecule has 12 nitrogen and oxygen atoms in total. The number of ether oxygens (including phenoxy) is 2. The monoisotopic (exact) mass is 433 g/mol. The minimum absolute atomic E-state index is 0.198. The van der Waals surface area contributed by atoms with Crippen molar-refractivity contribution >= 4 is 13.7 Å². The van der Waals surface area contributed by atoms with E-state index in [2.05, 4.69) is 10.1 Å². The van der Waals surface area contributed by atoms with Crippen molar-refractivity contribution in [2.75, 3.05) is 13.2 Å². The molecule has 0 aliphatic carbocycles. The predicted molar refractivity (Wildman–Crippen MR) is 98.1 cm³/mol. The molecule has 0 spiro atoms. The summed E-state index contributed by atoms with van der Waals surface area (Å²) in [6.45, 7) is 4.45. The summed E-state index contributed by atoms with van der Waals surface area (Å²) < 4.78 is 35.4. The van der Waals surface area contributed by atoms with Gasteiger partial charge in [-0.2, -0.15) is 0 Å². The second-order valence-corrected chi connectivity index (χ2v) is 8.93. The lowest BCUT2D eigenvalue weighted by atomic mass is 9.99. The molecule has 1 aromatic rings. The minimum atomic E-state index is -3.86. The second kappa shape index (κ2) is 8.50. The Labute approximate surface area is 165 Å². The van der Waals surface area contributed by atoms with Gasteiger partial charge < -0.3 is 14.6 Å². The van der Waals surface area contributed by atoms with E-state index >= 15 is 0 Å². The normalized spacial score (nSPS) is 33.1. The molecule has 0 saturated carbocycles. The molecule has 3 heterocycles. The number of hydrogen-bond donors (Lipinski definition) is 3. The molecule has 0 radical (unpaired) electrons. The third-order valence-corrected chi connectivity index (χ3v) is 6.23. The maximum Gasteiger partial charge on any atom is 0.406 e. The number of hydrogen-bond acceptors (Lipinski definition) is 9. The molecule has 2 unspecified atom stereocenters. The number of esters is 1. The van der Waals surface area contributed by atoms with Crippen LogP contribution in [0, 0.1) is 5.92 Å². The van der Waals surface area contributed by atoms with Crippen LogP contribution in [0.4, 0.5) is 0 Å². The van der Waals surface area contributed by atoms with Crippen LogP contribution in [-0.4, -0.2) is 58.2 Å². The third-order valence-electron chi connectivity index (χ3n) is 4.55. The number of nitrogens with zero attached hydrogens (tertiary/aromatic N) is 1. The number of fused-ring (bicyclic) bond motifs is 1. The number of carbonyl (C=O) groups excluding carboxylic acids is 1. The maximum absolute atomic E-state index is 12.8. The topological polar surface area (TPSA) is 158 Å². The van der Waals surface area contributed by atoms with Gasteiger partial charge in [0.25, 0.3) is 5.56 Å². The van der Waals surface area contributed by atoms with Gasteiger partial charge in [0.2, 0.25) is 0 Å². The summed E-state index contributed by atoms with van der Waals surface area (Å²) in [6.07, 6.45) is -2.07. The van der Waals surface area contributed by atoms with Crippen LogP contribution < -0.4 is 16.3 Å². The van der Waals surface area contributed by atoms with E-state index in [0.717, 1.165) is 10.6 Å². The van der Waals surface area contributed by atoms with Gasteiger partial charge in [0, 0.05) is 18.2 Å². The Morgan fingerprint density at radius 2 is 2.03 bits per heavy atom. The first-order valence-corrected chi connectivity index (χ1v) is 10.7. The van der Waals surface area contributed by atoms with Crippen molar-refractivity contribution in [3.8, 4) is 0 Å². The highest BCUT2D eigenvalue weighted by Crippen LogP contribution is 2.50. The summed E-state index contributed by atoms with van der Waals surface area (Å²) in [5.41, 5.74) is -1.30. The maximum atomic E-state index is 12.8. The molecule has 0 bridgehead atoms. The highest BCUT2D eigenvalue weighted by atomic mass is 31.2. The van der Waals surface area contributed by atoms with E-state index < -0.39 is 55.4 Å². The predicted octanol–water partition coefficient (Wildman–Crippen LogP) is -0.504.